The summed E-state index contributed by atoms with van der Waals surface area (Å²) in [6.07, 6.45) is 6.34. The van der Waals surface area contributed by atoms with Crippen LogP contribution in [0.15, 0.2) is 12.4 Å². The van der Waals surface area contributed by atoms with Gasteiger partial charge in [0.1, 0.15) is 11.4 Å². The Balaban J connectivity index is 2.71. The zero-order valence-corrected chi connectivity index (χ0v) is 13.1. The molecule has 0 spiro atoms. The summed E-state index contributed by atoms with van der Waals surface area (Å²) in [5, 5.41) is 3.32. The van der Waals surface area contributed by atoms with E-state index in [0.29, 0.717) is 13.0 Å². The van der Waals surface area contributed by atoms with Crippen LogP contribution in [-0.2, 0) is 22.5 Å². The van der Waals surface area contributed by atoms with Crippen LogP contribution in [0.4, 0.5) is 0 Å². The van der Waals surface area contributed by atoms with Crippen molar-refractivity contribution in [2.75, 3.05) is 13.2 Å². The fourth-order valence-electron chi connectivity index (χ4n) is 2.16. The second-order valence-electron chi connectivity index (χ2n) is 5.12. The van der Waals surface area contributed by atoms with Gasteiger partial charge in [-0.2, -0.15) is 0 Å². The Morgan fingerprint density at radius 2 is 2.20 bits per heavy atom. The van der Waals surface area contributed by atoms with Gasteiger partial charge in [-0.05, 0) is 33.2 Å². The second-order valence-corrected chi connectivity index (χ2v) is 5.12. The third-order valence-corrected chi connectivity index (χ3v) is 3.46. The highest BCUT2D eigenvalue weighted by Gasteiger charge is 2.33. The molecule has 1 unspecified atom stereocenters. The maximum Gasteiger partial charge on any atom is 0.326 e. The van der Waals surface area contributed by atoms with Gasteiger partial charge < -0.3 is 14.6 Å². The lowest BCUT2D eigenvalue weighted by Crippen LogP contribution is -2.51. The number of carbonyl (C=O) groups excluding carboxylic acids is 1. The highest BCUT2D eigenvalue weighted by molar-refractivity contribution is 5.80. The van der Waals surface area contributed by atoms with E-state index in [0.717, 1.165) is 31.8 Å². The molecule has 0 aliphatic rings. The van der Waals surface area contributed by atoms with Crippen LogP contribution in [-0.4, -0.2) is 34.2 Å². The smallest absolute Gasteiger partial charge is 0.326 e. The molecule has 1 N–H and O–H groups in total. The lowest BCUT2D eigenvalue weighted by molar-refractivity contribution is -0.151. The Morgan fingerprint density at radius 3 is 2.80 bits per heavy atom. The average molecular weight is 281 g/mol. The minimum absolute atomic E-state index is 0.174. The van der Waals surface area contributed by atoms with Gasteiger partial charge in [-0.25, -0.2) is 4.98 Å². The van der Waals surface area contributed by atoms with Crippen molar-refractivity contribution in [3.63, 3.8) is 0 Å². The van der Waals surface area contributed by atoms with E-state index >= 15 is 0 Å². The summed E-state index contributed by atoms with van der Waals surface area (Å²) < 4.78 is 7.31. The van der Waals surface area contributed by atoms with Crippen LogP contribution >= 0.6 is 0 Å². The Hall–Kier alpha value is -1.36. The number of esters is 1. The van der Waals surface area contributed by atoms with Crippen molar-refractivity contribution in [3.05, 3.63) is 18.2 Å². The van der Waals surface area contributed by atoms with Crippen LogP contribution in [0.25, 0.3) is 0 Å². The van der Waals surface area contributed by atoms with Gasteiger partial charge >= 0.3 is 5.97 Å². The lowest BCUT2D eigenvalue weighted by Gasteiger charge is -2.29. The molecule has 5 heteroatoms. The summed E-state index contributed by atoms with van der Waals surface area (Å²) >= 11 is 0. The first-order valence-electron chi connectivity index (χ1n) is 7.49. The fourth-order valence-corrected chi connectivity index (χ4v) is 2.16. The zero-order valence-electron chi connectivity index (χ0n) is 13.1. The van der Waals surface area contributed by atoms with E-state index in [1.54, 1.807) is 6.20 Å². The Kier molecular flexibility index (Phi) is 6.71. The maximum atomic E-state index is 12.2. The highest BCUT2D eigenvalue weighted by atomic mass is 16.5. The Bertz CT molecular complexity index is 417. The van der Waals surface area contributed by atoms with E-state index in [-0.39, 0.29) is 5.97 Å². The highest BCUT2D eigenvalue weighted by Crippen LogP contribution is 2.15. The quantitative estimate of drug-likeness (QED) is 0.705. The summed E-state index contributed by atoms with van der Waals surface area (Å²) in [6.45, 7) is 9.90. The minimum Gasteiger partial charge on any atom is -0.465 e. The predicted octanol–water partition coefficient (Wildman–Crippen LogP) is 2.16. The van der Waals surface area contributed by atoms with Gasteiger partial charge in [-0.1, -0.05) is 13.8 Å². The Morgan fingerprint density at radius 1 is 1.45 bits per heavy atom. The predicted molar refractivity (Wildman–Crippen MR) is 79.6 cm³/mol. The van der Waals surface area contributed by atoms with Gasteiger partial charge in [-0.3, -0.25) is 4.79 Å². The molecule has 1 heterocycles. The molecular weight excluding hydrogens is 254 g/mol. The van der Waals surface area contributed by atoms with Crippen LogP contribution in [0.3, 0.4) is 0 Å². The van der Waals surface area contributed by atoms with E-state index in [1.165, 1.54) is 0 Å². The second kappa shape index (κ2) is 8.04. The molecule has 20 heavy (non-hydrogen) atoms. The van der Waals surface area contributed by atoms with Crippen molar-refractivity contribution in [2.45, 2.75) is 59.0 Å². The molecule has 5 nitrogen and oxygen atoms in total. The van der Waals surface area contributed by atoms with Crippen molar-refractivity contribution in [1.82, 2.24) is 14.9 Å². The molecule has 0 saturated heterocycles. The molecular formula is C15H27N3O2. The van der Waals surface area contributed by atoms with E-state index in [1.807, 2.05) is 20.0 Å². The molecule has 0 fully saturated rings. The van der Waals surface area contributed by atoms with Crippen molar-refractivity contribution in [2.24, 2.45) is 0 Å². The van der Waals surface area contributed by atoms with Crippen molar-refractivity contribution >= 4 is 5.97 Å². The van der Waals surface area contributed by atoms with Gasteiger partial charge in [0.05, 0.1) is 6.61 Å². The average Bonchev–Trinajstić information content (AvgIpc) is 2.90. The number of hydrogen-bond donors (Lipinski definition) is 1. The molecule has 0 radical (unpaired) electrons. The van der Waals surface area contributed by atoms with Crippen LogP contribution in [0.2, 0.25) is 0 Å². The molecule has 1 aromatic heterocycles. The zero-order chi connectivity index (χ0) is 15.0. The largest absolute Gasteiger partial charge is 0.465 e. The number of nitrogens with zero attached hydrogens (tertiary/aromatic N) is 2. The van der Waals surface area contributed by atoms with Crippen molar-refractivity contribution in [1.29, 1.82) is 0 Å². The van der Waals surface area contributed by atoms with Crippen molar-refractivity contribution in [3.8, 4) is 0 Å². The molecule has 1 atom stereocenters. The molecule has 0 bridgehead atoms. The summed E-state index contributed by atoms with van der Waals surface area (Å²) in [5.41, 5.74) is -0.638. The first kappa shape index (κ1) is 16.7. The first-order chi connectivity index (χ1) is 9.57. The maximum absolute atomic E-state index is 12.2. The molecule has 1 aromatic rings. The lowest BCUT2D eigenvalue weighted by atomic mass is 9.97. The molecule has 0 saturated carbocycles. The van der Waals surface area contributed by atoms with Crippen LogP contribution in [0.1, 0.15) is 46.4 Å². The summed E-state index contributed by atoms with van der Waals surface area (Å²) in [5.74, 6) is 0.873. The van der Waals surface area contributed by atoms with Crippen LogP contribution in [0.5, 0.6) is 0 Å². The molecule has 0 aliphatic heterocycles. The van der Waals surface area contributed by atoms with Crippen LogP contribution < -0.4 is 5.32 Å². The summed E-state index contributed by atoms with van der Waals surface area (Å²) in [7, 11) is 0. The number of hydrogen-bond acceptors (Lipinski definition) is 4. The molecule has 1 rings (SSSR count). The van der Waals surface area contributed by atoms with Gasteiger partial charge in [0.15, 0.2) is 0 Å². The van der Waals surface area contributed by atoms with Crippen molar-refractivity contribution < 1.29 is 9.53 Å². The molecule has 0 aromatic carbocycles. The topological polar surface area (TPSA) is 56.2 Å². The third kappa shape index (κ3) is 4.34. The normalized spacial score (nSPS) is 14.0. The Labute approximate surface area is 121 Å². The van der Waals surface area contributed by atoms with Crippen LogP contribution in [0, 0.1) is 0 Å². The number of carbonyl (C=O) groups is 1. The molecule has 0 aliphatic carbocycles. The third-order valence-electron chi connectivity index (χ3n) is 3.46. The van der Waals surface area contributed by atoms with Gasteiger partial charge in [-0.15, -0.1) is 0 Å². The number of ether oxygens (including phenoxy) is 1. The number of nitrogens with one attached hydrogen (secondary N) is 1. The molecule has 0 amide bonds. The van der Waals surface area contributed by atoms with E-state index < -0.39 is 5.54 Å². The summed E-state index contributed by atoms with van der Waals surface area (Å²) in [6, 6.07) is 0. The van der Waals surface area contributed by atoms with E-state index in [9.17, 15) is 4.79 Å². The van der Waals surface area contributed by atoms with Gasteiger partial charge in [0, 0.05) is 25.4 Å². The standard InChI is InChI=1S/C15H27N3O2/c1-5-9-17-15(4,14(19)20-7-3)8-11-18-12-10-16-13(18)6-2/h10,12,17H,5-9,11H2,1-4H3. The molecule has 114 valence electrons. The number of aryl methyl sites for hydroxylation is 2. The monoisotopic (exact) mass is 281 g/mol. The first-order valence-corrected chi connectivity index (χ1v) is 7.49. The van der Waals surface area contributed by atoms with E-state index in [4.69, 9.17) is 4.74 Å². The minimum atomic E-state index is -0.638. The number of aromatic nitrogens is 2. The SMILES string of the molecule is CCCNC(C)(CCn1ccnc1CC)C(=O)OCC. The number of rotatable bonds is 9. The number of imidazole rings is 1. The summed E-state index contributed by atoms with van der Waals surface area (Å²) in [4.78, 5) is 16.5. The van der Waals surface area contributed by atoms with Gasteiger partial charge in [0.25, 0.3) is 0 Å². The van der Waals surface area contributed by atoms with E-state index in [2.05, 4.69) is 28.7 Å². The van der Waals surface area contributed by atoms with Gasteiger partial charge in [0.2, 0.25) is 0 Å². The fraction of sp³-hybridized carbons (Fsp3) is 0.733.